The third-order valence-electron chi connectivity index (χ3n) is 2.57. The standard InChI is InChI=1S/C15H16BrFN2O2/c1-2-21-7-3-6-19-15(20)12(10-18)8-11-4-5-14(17)13(16)9-11/h4-5,8-9H,2-3,6-7H2,1H3,(H,19,20)/b12-8+. The molecule has 0 unspecified atom stereocenters. The second-order valence-electron chi connectivity index (χ2n) is 4.15. The maximum absolute atomic E-state index is 13.1. The fourth-order valence-electron chi connectivity index (χ4n) is 1.53. The highest BCUT2D eigenvalue weighted by molar-refractivity contribution is 9.10. The molecule has 1 aromatic carbocycles. The van der Waals surface area contributed by atoms with Gasteiger partial charge in [0, 0.05) is 19.8 Å². The van der Waals surface area contributed by atoms with Gasteiger partial charge in [-0.2, -0.15) is 5.26 Å². The fraction of sp³-hybridized carbons (Fsp3) is 0.333. The van der Waals surface area contributed by atoms with Crippen molar-refractivity contribution >= 4 is 27.9 Å². The number of hydrogen-bond acceptors (Lipinski definition) is 3. The predicted octanol–water partition coefficient (Wildman–Crippen LogP) is 3.04. The van der Waals surface area contributed by atoms with E-state index in [1.54, 1.807) is 0 Å². The summed E-state index contributed by atoms with van der Waals surface area (Å²) in [6, 6.07) is 6.12. The zero-order valence-corrected chi connectivity index (χ0v) is 13.2. The molecule has 0 saturated carbocycles. The number of carbonyl (C=O) groups excluding carboxylic acids is 1. The van der Waals surface area contributed by atoms with E-state index in [1.807, 2.05) is 13.0 Å². The average molecular weight is 355 g/mol. The molecule has 112 valence electrons. The topological polar surface area (TPSA) is 62.1 Å². The van der Waals surface area contributed by atoms with Gasteiger partial charge in [-0.15, -0.1) is 0 Å². The molecule has 0 radical (unpaired) electrons. The maximum Gasteiger partial charge on any atom is 0.261 e. The molecule has 1 N–H and O–H groups in total. The van der Waals surface area contributed by atoms with Crippen molar-refractivity contribution in [2.75, 3.05) is 19.8 Å². The fourth-order valence-corrected chi connectivity index (χ4v) is 1.93. The summed E-state index contributed by atoms with van der Waals surface area (Å²) in [5, 5.41) is 11.7. The second kappa shape index (κ2) is 9.27. The molecule has 0 aliphatic carbocycles. The van der Waals surface area contributed by atoms with Gasteiger partial charge in [-0.3, -0.25) is 4.79 Å². The van der Waals surface area contributed by atoms with Crippen LogP contribution in [0.4, 0.5) is 4.39 Å². The number of benzene rings is 1. The Morgan fingerprint density at radius 3 is 2.95 bits per heavy atom. The van der Waals surface area contributed by atoms with Gasteiger partial charge in [-0.05, 0) is 53.0 Å². The van der Waals surface area contributed by atoms with Gasteiger partial charge in [0.05, 0.1) is 4.47 Å². The smallest absolute Gasteiger partial charge is 0.261 e. The largest absolute Gasteiger partial charge is 0.382 e. The summed E-state index contributed by atoms with van der Waals surface area (Å²) in [6.07, 6.45) is 2.10. The first-order valence-corrected chi connectivity index (χ1v) is 7.30. The van der Waals surface area contributed by atoms with E-state index in [0.717, 1.165) is 0 Å². The summed E-state index contributed by atoms with van der Waals surface area (Å²) in [7, 11) is 0. The molecular formula is C15H16BrFN2O2. The zero-order valence-electron chi connectivity index (χ0n) is 11.7. The van der Waals surface area contributed by atoms with Crippen LogP contribution in [0.1, 0.15) is 18.9 Å². The van der Waals surface area contributed by atoms with Crippen LogP contribution in [-0.4, -0.2) is 25.7 Å². The van der Waals surface area contributed by atoms with Crippen LogP contribution < -0.4 is 5.32 Å². The Bertz CT molecular complexity index is 567. The molecule has 0 heterocycles. The molecule has 0 aliphatic heterocycles. The highest BCUT2D eigenvalue weighted by atomic mass is 79.9. The number of carbonyl (C=O) groups is 1. The lowest BCUT2D eigenvalue weighted by Gasteiger charge is -2.04. The van der Waals surface area contributed by atoms with Crippen LogP contribution >= 0.6 is 15.9 Å². The van der Waals surface area contributed by atoms with Gasteiger partial charge in [-0.1, -0.05) is 6.07 Å². The van der Waals surface area contributed by atoms with Crippen molar-refractivity contribution in [1.82, 2.24) is 5.32 Å². The normalized spacial score (nSPS) is 11.0. The minimum atomic E-state index is -0.450. The van der Waals surface area contributed by atoms with E-state index in [2.05, 4.69) is 21.2 Å². The van der Waals surface area contributed by atoms with E-state index in [4.69, 9.17) is 10.00 Å². The lowest BCUT2D eigenvalue weighted by molar-refractivity contribution is -0.117. The van der Waals surface area contributed by atoms with E-state index in [9.17, 15) is 9.18 Å². The molecule has 0 aliphatic rings. The predicted molar refractivity (Wildman–Crippen MR) is 81.8 cm³/mol. The molecular weight excluding hydrogens is 339 g/mol. The van der Waals surface area contributed by atoms with Crippen molar-refractivity contribution in [3.63, 3.8) is 0 Å². The quantitative estimate of drug-likeness (QED) is 0.465. The molecule has 4 nitrogen and oxygen atoms in total. The van der Waals surface area contributed by atoms with E-state index < -0.39 is 11.7 Å². The Hall–Kier alpha value is -1.71. The molecule has 6 heteroatoms. The molecule has 1 aromatic rings. The van der Waals surface area contributed by atoms with E-state index in [1.165, 1.54) is 24.3 Å². The number of nitrogens with one attached hydrogen (secondary N) is 1. The van der Waals surface area contributed by atoms with Gasteiger partial charge in [0.15, 0.2) is 0 Å². The number of amides is 1. The van der Waals surface area contributed by atoms with Crippen molar-refractivity contribution < 1.29 is 13.9 Å². The van der Waals surface area contributed by atoms with Gasteiger partial charge in [0.1, 0.15) is 17.5 Å². The molecule has 0 spiro atoms. The third kappa shape index (κ3) is 6.06. The number of hydrogen-bond donors (Lipinski definition) is 1. The molecule has 21 heavy (non-hydrogen) atoms. The third-order valence-corrected chi connectivity index (χ3v) is 3.18. The van der Waals surface area contributed by atoms with Gasteiger partial charge in [0.25, 0.3) is 5.91 Å². The van der Waals surface area contributed by atoms with Crippen molar-refractivity contribution in [3.8, 4) is 6.07 Å². The van der Waals surface area contributed by atoms with Crippen molar-refractivity contribution in [2.24, 2.45) is 0 Å². The van der Waals surface area contributed by atoms with Crippen LogP contribution in [0, 0.1) is 17.1 Å². The molecule has 1 amide bonds. The number of nitrogens with zero attached hydrogens (tertiary/aromatic N) is 1. The van der Waals surface area contributed by atoms with E-state index in [0.29, 0.717) is 31.7 Å². The summed E-state index contributed by atoms with van der Waals surface area (Å²) < 4.78 is 18.6. The number of rotatable bonds is 7. The average Bonchev–Trinajstić information content (AvgIpc) is 2.48. The molecule has 0 saturated heterocycles. The van der Waals surface area contributed by atoms with Crippen molar-refractivity contribution in [2.45, 2.75) is 13.3 Å². The van der Waals surface area contributed by atoms with Crippen LogP contribution in [0.2, 0.25) is 0 Å². The lowest BCUT2D eigenvalue weighted by Crippen LogP contribution is -2.26. The minimum absolute atomic E-state index is 0.0232. The Balaban J connectivity index is 2.64. The Morgan fingerprint density at radius 2 is 2.33 bits per heavy atom. The summed E-state index contributed by atoms with van der Waals surface area (Å²) in [4.78, 5) is 11.8. The van der Waals surface area contributed by atoms with Gasteiger partial charge in [0.2, 0.25) is 0 Å². The number of nitriles is 1. The monoisotopic (exact) mass is 354 g/mol. The van der Waals surface area contributed by atoms with E-state index in [-0.39, 0.29) is 10.0 Å². The minimum Gasteiger partial charge on any atom is -0.382 e. The molecule has 0 fully saturated rings. The van der Waals surface area contributed by atoms with Crippen LogP contribution in [0.3, 0.4) is 0 Å². The Labute approximate surface area is 131 Å². The van der Waals surface area contributed by atoms with Crippen LogP contribution in [0.15, 0.2) is 28.2 Å². The van der Waals surface area contributed by atoms with E-state index >= 15 is 0 Å². The van der Waals surface area contributed by atoms with Crippen molar-refractivity contribution in [3.05, 3.63) is 39.6 Å². The van der Waals surface area contributed by atoms with Gasteiger partial charge < -0.3 is 10.1 Å². The number of ether oxygens (including phenoxy) is 1. The highest BCUT2D eigenvalue weighted by Gasteiger charge is 2.09. The maximum atomic E-state index is 13.1. The van der Waals surface area contributed by atoms with Crippen LogP contribution in [-0.2, 0) is 9.53 Å². The molecule has 0 bridgehead atoms. The molecule has 0 atom stereocenters. The summed E-state index contributed by atoms with van der Waals surface area (Å²) in [5.74, 6) is -0.847. The number of halogens is 2. The zero-order chi connectivity index (χ0) is 15.7. The summed E-state index contributed by atoms with van der Waals surface area (Å²) in [6.45, 7) is 3.53. The first kappa shape index (κ1) is 17.3. The van der Waals surface area contributed by atoms with Crippen LogP contribution in [0.5, 0.6) is 0 Å². The summed E-state index contributed by atoms with van der Waals surface area (Å²) >= 11 is 3.06. The Kier molecular flexibility index (Phi) is 7.65. The van der Waals surface area contributed by atoms with Crippen molar-refractivity contribution in [1.29, 1.82) is 5.26 Å². The summed E-state index contributed by atoms with van der Waals surface area (Å²) in [5.41, 5.74) is 0.550. The van der Waals surface area contributed by atoms with Gasteiger partial charge in [-0.25, -0.2) is 4.39 Å². The molecule has 0 aromatic heterocycles. The first-order valence-electron chi connectivity index (χ1n) is 6.51. The molecule has 1 rings (SSSR count). The van der Waals surface area contributed by atoms with Gasteiger partial charge >= 0.3 is 0 Å². The highest BCUT2D eigenvalue weighted by Crippen LogP contribution is 2.18. The second-order valence-corrected chi connectivity index (χ2v) is 5.00. The first-order chi connectivity index (χ1) is 10.1. The SMILES string of the molecule is CCOCCCNC(=O)/C(C#N)=C/c1ccc(F)c(Br)c1. The van der Waals surface area contributed by atoms with Crippen LogP contribution in [0.25, 0.3) is 6.08 Å². The lowest BCUT2D eigenvalue weighted by atomic mass is 10.1. The Morgan fingerprint density at radius 1 is 1.57 bits per heavy atom.